The van der Waals surface area contributed by atoms with Gasteiger partial charge in [0.1, 0.15) is 23.0 Å². The summed E-state index contributed by atoms with van der Waals surface area (Å²) in [4.78, 5) is 9.06. The fourth-order valence-corrected chi connectivity index (χ4v) is 3.33. The number of aryl methyl sites for hydroxylation is 2. The van der Waals surface area contributed by atoms with E-state index in [4.69, 9.17) is 0 Å². The van der Waals surface area contributed by atoms with Crippen LogP contribution in [0, 0.1) is 12.7 Å². The van der Waals surface area contributed by atoms with Crippen LogP contribution in [0.2, 0.25) is 0 Å². The second kappa shape index (κ2) is 8.34. The summed E-state index contributed by atoms with van der Waals surface area (Å²) in [5.74, 6) is 1.30. The van der Waals surface area contributed by atoms with Gasteiger partial charge >= 0.3 is 0 Å². The third-order valence-corrected chi connectivity index (χ3v) is 4.80. The summed E-state index contributed by atoms with van der Waals surface area (Å²) in [6.07, 6.45) is 1.79. The smallest absolute Gasteiger partial charge is 0.130 e. The Morgan fingerprint density at radius 1 is 1.07 bits per heavy atom. The first-order valence-electron chi connectivity index (χ1n) is 9.70. The molecule has 0 radical (unpaired) electrons. The minimum atomic E-state index is -0.205. The first kappa shape index (κ1) is 19.0. The second-order valence-electron chi connectivity index (χ2n) is 7.24. The monoisotopic (exact) mass is 390 g/mol. The molecule has 0 saturated carbocycles. The number of fused-ring (bicyclic) bond motifs is 1. The fraction of sp³-hybridized carbons (Fsp3) is 0.273. The summed E-state index contributed by atoms with van der Waals surface area (Å²) >= 11 is 0. The highest BCUT2D eigenvalue weighted by molar-refractivity contribution is 5.73. The Morgan fingerprint density at radius 3 is 2.69 bits per heavy atom. The van der Waals surface area contributed by atoms with Gasteiger partial charge < -0.3 is 5.32 Å². The zero-order valence-corrected chi connectivity index (χ0v) is 16.5. The highest BCUT2D eigenvalue weighted by Gasteiger charge is 2.10. The second-order valence-corrected chi connectivity index (χ2v) is 7.24. The summed E-state index contributed by atoms with van der Waals surface area (Å²) in [5, 5.41) is 11.9. The molecule has 0 bridgehead atoms. The highest BCUT2D eigenvalue weighted by atomic mass is 19.1. The van der Waals surface area contributed by atoms with Crippen molar-refractivity contribution in [3.05, 3.63) is 77.5 Å². The van der Waals surface area contributed by atoms with Crippen LogP contribution in [0.5, 0.6) is 0 Å². The van der Waals surface area contributed by atoms with E-state index in [-0.39, 0.29) is 11.9 Å². The molecule has 7 heteroatoms. The minimum Gasteiger partial charge on any atom is -0.367 e. The lowest BCUT2D eigenvalue weighted by molar-refractivity contribution is 0.626. The number of hydrogen-bond acceptors (Lipinski definition) is 5. The van der Waals surface area contributed by atoms with E-state index in [1.54, 1.807) is 0 Å². The number of nitrogens with zero attached hydrogens (tertiary/aromatic N) is 5. The van der Waals surface area contributed by atoms with Crippen LogP contribution < -0.4 is 5.32 Å². The maximum Gasteiger partial charge on any atom is 0.130 e. The predicted octanol–water partition coefficient (Wildman–Crippen LogP) is 4.15. The molecule has 0 fully saturated rings. The zero-order chi connectivity index (χ0) is 20.2. The average molecular weight is 390 g/mol. The fourth-order valence-electron chi connectivity index (χ4n) is 3.33. The molecule has 4 rings (SSSR count). The van der Waals surface area contributed by atoms with E-state index >= 15 is 0 Å². The van der Waals surface area contributed by atoms with Gasteiger partial charge in [-0.25, -0.2) is 19.0 Å². The maximum absolute atomic E-state index is 13.0. The average Bonchev–Trinajstić information content (AvgIpc) is 3.10. The Bertz CT molecular complexity index is 1110. The molecule has 6 nitrogen and oxygen atoms in total. The van der Waals surface area contributed by atoms with Crippen LogP contribution in [-0.4, -0.2) is 31.0 Å². The lowest BCUT2D eigenvalue weighted by Gasteiger charge is -2.15. The van der Waals surface area contributed by atoms with E-state index in [1.165, 1.54) is 12.1 Å². The van der Waals surface area contributed by atoms with Crippen molar-refractivity contribution in [1.82, 2.24) is 25.0 Å². The molecule has 0 spiro atoms. The quantitative estimate of drug-likeness (QED) is 0.513. The van der Waals surface area contributed by atoms with Crippen molar-refractivity contribution in [3.63, 3.8) is 0 Å². The van der Waals surface area contributed by atoms with Crippen molar-refractivity contribution < 1.29 is 4.39 Å². The summed E-state index contributed by atoms with van der Waals surface area (Å²) in [5.41, 5.74) is 3.84. The molecule has 0 unspecified atom stereocenters. The number of aromatic nitrogens is 5. The van der Waals surface area contributed by atoms with E-state index < -0.39 is 0 Å². The topological polar surface area (TPSA) is 68.5 Å². The molecule has 4 aromatic rings. The molecule has 0 aliphatic rings. The largest absolute Gasteiger partial charge is 0.367 e. The molecular weight excluding hydrogens is 367 g/mol. The van der Waals surface area contributed by atoms with Crippen molar-refractivity contribution in [2.75, 3.05) is 5.32 Å². The lowest BCUT2D eigenvalue weighted by atomic mass is 10.1. The van der Waals surface area contributed by atoms with Crippen LogP contribution in [0.15, 0.2) is 54.6 Å². The molecule has 0 amide bonds. The molecule has 148 valence electrons. The Hall–Kier alpha value is -3.35. The molecule has 1 atom stereocenters. The summed E-state index contributed by atoms with van der Waals surface area (Å²) < 4.78 is 14.9. The molecule has 2 aromatic heterocycles. The highest BCUT2D eigenvalue weighted by Crippen LogP contribution is 2.15. The van der Waals surface area contributed by atoms with Gasteiger partial charge in [-0.1, -0.05) is 29.5 Å². The third kappa shape index (κ3) is 4.74. The Balaban J connectivity index is 1.43. The van der Waals surface area contributed by atoms with Gasteiger partial charge in [0.25, 0.3) is 0 Å². The van der Waals surface area contributed by atoms with Crippen LogP contribution in [0.25, 0.3) is 11.0 Å². The first-order valence-corrected chi connectivity index (χ1v) is 9.70. The predicted molar refractivity (Wildman–Crippen MR) is 111 cm³/mol. The normalized spacial score (nSPS) is 12.2. The van der Waals surface area contributed by atoms with Crippen molar-refractivity contribution in [2.24, 2.45) is 0 Å². The Kier molecular flexibility index (Phi) is 5.46. The molecule has 0 aliphatic carbocycles. The van der Waals surface area contributed by atoms with Crippen molar-refractivity contribution in [2.45, 2.75) is 39.3 Å². The maximum atomic E-state index is 13.0. The van der Waals surface area contributed by atoms with E-state index in [1.807, 2.05) is 54.1 Å². The minimum absolute atomic E-state index is 0.205. The molecule has 29 heavy (non-hydrogen) atoms. The van der Waals surface area contributed by atoms with E-state index in [0.717, 1.165) is 41.0 Å². The van der Waals surface area contributed by atoms with Gasteiger partial charge in [-0.2, -0.15) is 0 Å². The zero-order valence-electron chi connectivity index (χ0n) is 16.5. The number of benzene rings is 2. The van der Waals surface area contributed by atoms with Crippen molar-refractivity contribution in [3.8, 4) is 0 Å². The van der Waals surface area contributed by atoms with Gasteiger partial charge in [0, 0.05) is 12.1 Å². The van der Waals surface area contributed by atoms with Gasteiger partial charge in [-0.3, -0.25) is 0 Å². The first-order chi connectivity index (χ1) is 14.1. The molecule has 0 saturated heterocycles. The number of para-hydroxylation sites is 1. The van der Waals surface area contributed by atoms with Crippen molar-refractivity contribution >= 4 is 16.9 Å². The third-order valence-electron chi connectivity index (χ3n) is 4.80. The van der Waals surface area contributed by atoms with Crippen LogP contribution in [0.3, 0.4) is 0 Å². The number of anilines is 1. The van der Waals surface area contributed by atoms with Crippen LogP contribution in [0.1, 0.15) is 30.4 Å². The Morgan fingerprint density at radius 2 is 1.86 bits per heavy atom. The van der Waals surface area contributed by atoms with Gasteiger partial charge in [0.2, 0.25) is 0 Å². The van der Waals surface area contributed by atoms with Crippen molar-refractivity contribution in [1.29, 1.82) is 0 Å². The number of hydrogen-bond donors (Lipinski definition) is 1. The summed E-state index contributed by atoms with van der Waals surface area (Å²) in [6, 6.07) is 16.7. The molecule has 1 N–H and O–H groups in total. The van der Waals surface area contributed by atoms with Gasteiger partial charge in [0.15, 0.2) is 0 Å². The van der Waals surface area contributed by atoms with Crippen LogP contribution in [0.4, 0.5) is 10.2 Å². The van der Waals surface area contributed by atoms with E-state index in [2.05, 4.69) is 32.5 Å². The van der Waals surface area contributed by atoms with Gasteiger partial charge in [0.05, 0.1) is 17.8 Å². The summed E-state index contributed by atoms with van der Waals surface area (Å²) in [6.45, 7) is 4.53. The van der Waals surface area contributed by atoms with E-state index in [0.29, 0.717) is 12.4 Å². The molecule has 2 heterocycles. The molecular formula is C22H23FN6. The SMILES string of the molecule is Cc1nc(Cn2nnc3ccccc32)cc(N[C@@H](C)CCc2ccc(F)cc2)n1. The molecule has 2 aromatic carbocycles. The number of nitrogens with one attached hydrogen (secondary N) is 1. The lowest BCUT2D eigenvalue weighted by Crippen LogP contribution is -2.18. The van der Waals surface area contributed by atoms with Gasteiger partial charge in [-0.15, -0.1) is 5.10 Å². The van der Waals surface area contributed by atoms with E-state index in [9.17, 15) is 4.39 Å². The number of halogens is 1. The van der Waals surface area contributed by atoms with Crippen LogP contribution in [-0.2, 0) is 13.0 Å². The van der Waals surface area contributed by atoms with Gasteiger partial charge in [-0.05, 0) is 56.5 Å². The van der Waals surface area contributed by atoms with Crippen LogP contribution >= 0.6 is 0 Å². The number of rotatable bonds is 7. The summed E-state index contributed by atoms with van der Waals surface area (Å²) in [7, 11) is 0. The Labute approximate surface area is 168 Å². The molecule has 0 aliphatic heterocycles. The standard InChI is InChI=1S/C22H23FN6/c1-15(7-8-17-9-11-18(23)12-10-17)24-22-13-19(25-16(2)26-22)14-29-21-6-4-3-5-20(21)27-28-29/h3-6,9-13,15H,7-8,14H2,1-2H3,(H,24,25,26)/t15-/m0/s1.